The number of carboxylic acid groups (broad SMARTS) is 1. The summed E-state index contributed by atoms with van der Waals surface area (Å²) in [6, 6.07) is 15.9. The molecule has 1 saturated carbocycles. The highest BCUT2D eigenvalue weighted by molar-refractivity contribution is 5.82. The van der Waals surface area contributed by atoms with Gasteiger partial charge in [-0.25, -0.2) is 9.37 Å². The van der Waals surface area contributed by atoms with Gasteiger partial charge in [0.2, 0.25) is 0 Å². The van der Waals surface area contributed by atoms with Crippen LogP contribution in [0, 0.1) is 24.1 Å². The number of carboxylic acids is 1. The van der Waals surface area contributed by atoms with Gasteiger partial charge < -0.3 is 24.2 Å². The number of methoxy groups -OCH3 is 1. The highest BCUT2D eigenvalue weighted by Crippen LogP contribution is 2.62. The van der Waals surface area contributed by atoms with Crippen molar-refractivity contribution in [3.8, 4) is 17.0 Å². The fourth-order valence-corrected chi connectivity index (χ4v) is 7.98. The van der Waals surface area contributed by atoms with E-state index in [4.69, 9.17) is 19.2 Å². The Hall–Kier alpha value is -3.53. The maximum atomic E-state index is 16.0. The predicted molar refractivity (Wildman–Crippen MR) is 169 cm³/mol. The number of fused-ring (bicyclic) bond motifs is 2. The average Bonchev–Trinajstić information content (AvgIpc) is 3.76. The number of hydrogen-bond donors (Lipinski definition) is 1. The Kier molecular flexibility index (Phi) is 8.27. The number of aryl methyl sites for hydroxylation is 1. The number of carbonyl (C=O) groups is 1. The van der Waals surface area contributed by atoms with Crippen molar-refractivity contribution in [3.63, 3.8) is 0 Å². The van der Waals surface area contributed by atoms with E-state index in [1.807, 2.05) is 49.4 Å². The molecule has 0 unspecified atom stereocenters. The lowest BCUT2D eigenvalue weighted by atomic mass is 9.97. The summed E-state index contributed by atoms with van der Waals surface area (Å²) in [7, 11) is 1.61. The van der Waals surface area contributed by atoms with Crippen molar-refractivity contribution in [1.29, 1.82) is 0 Å². The SMILES string of the molecule is COC[C@H]1N(c2cccc(-c3cccc(C)c3OCc3ccc4c(c3F)CCN(C3CCOCC3)CC4)n2)C[C@@H]2C[C@@]21C(=O)O. The van der Waals surface area contributed by atoms with Crippen LogP contribution in [0.1, 0.15) is 41.5 Å². The normalized spacial score (nSPS) is 25.0. The van der Waals surface area contributed by atoms with Gasteiger partial charge in [-0.1, -0.05) is 30.3 Å². The smallest absolute Gasteiger partial charge is 0.312 e. The fourth-order valence-electron chi connectivity index (χ4n) is 7.98. The molecule has 0 bridgehead atoms. The van der Waals surface area contributed by atoms with E-state index in [1.54, 1.807) is 7.11 Å². The van der Waals surface area contributed by atoms with Gasteiger partial charge in [-0.15, -0.1) is 0 Å². The number of hydrogen-bond acceptors (Lipinski definition) is 7. The number of halogens is 1. The lowest BCUT2D eigenvalue weighted by molar-refractivity contribution is -0.144. The van der Waals surface area contributed by atoms with Crippen molar-refractivity contribution in [3.05, 3.63) is 76.6 Å². The molecule has 45 heavy (non-hydrogen) atoms. The zero-order valence-electron chi connectivity index (χ0n) is 26.1. The molecule has 1 N–H and O–H groups in total. The molecule has 2 aromatic carbocycles. The molecule has 4 aliphatic rings. The Labute approximate surface area is 264 Å². The second kappa shape index (κ2) is 12.3. The summed E-state index contributed by atoms with van der Waals surface area (Å²) in [6.07, 6.45) is 4.32. The van der Waals surface area contributed by atoms with E-state index in [-0.39, 0.29) is 24.4 Å². The lowest BCUT2D eigenvalue weighted by Crippen LogP contribution is -2.43. The second-order valence-electron chi connectivity index (χ2n) is 13.0. The van der Waals surface area contributed by atoms with Gasteiger partial charge in [0, 0.05) is 57.1 Å². The Morgan fingerprint density at radius 3 is 2.71 bits per heavy atom. The molecule has 0 radical (unpaired) electrons. The van der Waals surface area contributed by atoms with E-state index in [1.165, 1.54) is 0 Å². The first kappa shape index (κ1) is 30.1. The summed E-state index contributed by atoms with van der Waals surface area (Å²) < 4.78 is 33.4. The number of pyridine rings is 1. The summed E-state index contributed by atoms with van der Waals surface area (Å²) >= 11 is 0. The zero-order chi connectivity index (χ0) is 31.1. The molecular formula is C36H42FN3O5. The van der Waals surface area contributed by atoms with E-state index in [9.17, 15) is 9.90 Å². The van der Waals surface area contributed by atoms with Gasteiger partial charge >= 0.3 is 5.97 Å². The number of rotatable bonds is 9. The molecule has 0 spiro atoms. The van der Waals surface area contributed by atoms with Crippen LogP contribution >= 0.6 is 0 Å². The van der Waals surface area contributed by atoms with Crippen LogP contribution in [0.5, 0.6) is 5.75 Å². The summed E-state index contributed by atoms with van der Waals surface area (Å²) in [5.74, 6) is 0.576. The van der Waals surface area contributed by atoms with Gasteiger partial charge in [-0.3, -0.25) is 9.69 Å². The third-order valence-electron chi connectivity index (χ3n) is 10.6. The van der Waals surface area contributed by atoms with Crippen LogP contribution in [0.15, 0.2) is 48.5 Å². The Bertz CT molecular complexity index is 1580. The van der Waals surface area contributed by atoms with Crippen LogP contribution in [0.3, 0.4) is 0 Å². The molecule has 1 aliphatic carbocycles. The summed E-state index contributed by atoms with van der Waals surface area (Å²) in [6.45, 7) is 6.50. The molecule has 0 amide bonds. The summed E-state index contributed by atoms with van der Waals surface area (Å²) in [5, 5.41) is 10.0. The number of para-hydroxylation sites is 1. The molecule has 7 rings (SSSR count). The van der Waals surface area contributed by atoms with Crippen LogP contribution in [0.25, 0.3) is 11.3 Å². The standard InChI is InChI=1S/C36H42FN3O5/c1-23-5-3-6-29(30-7-4-8-32(38-30)40-20-26-19-36(26,35(41)42)31(40)22-43-2)34(23)45-21-25-10-9-24-11-15-39(16-12-28(24)33(25)37)27-13-17-44-18-14-27/h3-10,26-27,31H,11-22H2,1-2H3,(H,41,42)/t26-,31+,36+/m0/s1. The Morgan fingerprint density at radius 2 is 1.91 bits per heavy atom. The first-order valence-electron chi connectivity index (χ1n) is 16.2. The number of ether oxygens (including phenoxy) is 3. The van der Waals surface area contributed by atoms with Crippen LogP contribution < -0.4 is 9.64 Å². The minimum Gasteiger partial charge on any atom is -0.488 e. The van der Waals surface area contributed by atoms with Crippen LogP contribution in [0.2, 0.25) is 0 Å². The van der Waals surface area contributed by atoms with Crippen LogP contribution in [-0.2, 0) is 33.7 Å². The Balaban J connectivity index is 1.10. The number of aliphatic carboxylic acids is 1. The van der Waals surface area contributed by atoms with Crippen molar-refractivity contribution in [2.75, 3.05) is 51.5 Å². The fraction of sp³-hybridized carbons (Fsp3) is 0.500. The molecule has 8 nitrogen and oxygen atoms in total. The molecule has 238 valence electrons. The summed E-state index contributed by atoms with van der Waals surface area (Å²) in [5.41, 5.74) is 4.18. The van der Waals surface area contributed by atoms with Crippen molar-refractivity contribution in [2.24, 2.45) is 11.3 Å². The average molecular weight is 616 g/mol. The maximum absolute atomic E-state index is 16.0. The quantitative estimate of drug-likeness (QED) is 0.348. The molecule has 2 saturated heterocycles. The molecule has 4 heterocycles. The van der Waals surface area contributed by atoms with E-state index in [0.717, 1.165) is 79.3 Å². The first-order chi connectivity index (χ1) is 21.9. The number of benzene rings is 2. The van der Waals surface area contributed by atoms with Gasteiger partial charge in [0.15, 0.2) is 0 Å². The van der Waals surface area contributed by atoms with Gasteiger partial charge in [0.25, 0.3) is 0 Å². The minimum atomic E-state index is -0.771. The molecule has 3 aliphatic heterocycles. The highest BCUT2D eigenvalue weighted by Gasteiger charge is 2.71. The predicted octanol–water partition coefficient (Wildman–Crippen LogP) is 5.28. The minimum absolute atomic E-state index is 0.0965. The third-order valence-corrected chi connectivity index (χ3v) is 10.6. The first-order valence-corrected chi connectivity index (χ1v) is 16.2. The monoisotopic (exact) mass is 615 g/mol. The van der Waals surface area contributed by atoms with E-state index in [0.29, 0.717) is 43.3 Å². The number of anilines is 1. The lowest BCUT2D eigenvalue weighted by Gasteiger charge is -2.33. The van der Waals surface area contributed by atoms with Gasteiger partial charge in [0.1, 0.15) is 24.0 Å². The van der Waals surface area contributed by atoms with Crippen molar-refractivity contribution < 1.29 is 28.5 Å². The molecule has 3 aromatic rings. The topological polar surface area (TPSA) is 84.4 Å². The summed E-state index contributed by atoms with van der Waals surface area (Å²) in [4.78, 5) is 21.8. The largest absolute Gasteiger partial charge is 0.488 e. The third kappa shape index (κ3) is 5.49. The van der Waals surface area contributed by atoms with E-state index < -0.39 is 11.4 Å². The van der Waals surface area contributed by atoms with Crippen LogP contribution in [-0.4, -0.2) is 79.6 Å². The maximum Gasteiger partial charge on any atom is 0.312 e. The number of nitrogens with zero attached hydrogens (tertiary/aromatic N) is 3. The van der Waals surface area contributed by atoms with Crippen molar-refractivity contribution >= 4 is 11.8 Å². The number of piperidine rings is 1. The second-order valence-corrected chi connectivity index (χ2v) is 13.0. The van der Waals surface area contributed by atoms with Crippen LogP contribution in [0.4, 0.5) is 10.2 Å². The van der Waals surface area contributed by atoms with E-state index >= 15 is 4.39 Å². The highest BCUT2D eigenvalue weighted by atomic mass is 19.1. The molecule has 3 fully saturated rings. The van der Waals surface area contributed by atoms with Gasteiger partial charge in [-0.2, -0.15) is 0 Å². The number of aromatic nitrogens is 1. The zero-order valence-corrected chi connectivity index (χ0v) is 26.1. The molecular weight excluding hydrogens is 573 g/mol. The molecule has 9 heteroatoms. The van der Waals surface area contributed by atoms with Crippen molar-refractivity contribution in [1.82, 2.24) is 9.88 Å². The van der Waals surface area contributed by atoms with Gasteiger partial charge in [0.05, 0.1) is 23.8 Å². The van der Waals surface area contributed by atoms with E-state index in [2.05, 4.69) is 15.9 Å². The molecule has 3 atom stereocenters. The van der Waals surface area contributed by atoms with Gasteiger partial charge in [-0.05, 0) is 79.8 Å². The Morgan fingerprint density at radius 1 is 1.11 bits per heavy atom. The van der Waals surface area contributed by atoms with Crippen molar-refractivity contribution in [2.45, 2.75) is 57.7 Å². The molecule has 1 aromatic heterocycles.